The van der Waals surface area contributed by atoms with E-state index in [9.17, 15) is 18.0 Å². The fourth-order valence-electron chi connectivity index (χ4n) is 3.14. The summed E-state index contributed by atoms with van der Waals surface area (Å²) in [4.78, 5) is 27.4. The van der Waals surface area contributed by atoms with Crippen LogP contribution < -0.4 is 9.62 Å². The molecular weight excluding hydrogens is 494 g/mol. The zero-order valence-corrected chi connectivity index (χ0v) is 21.2. The van der Waals surface area contributed by atoms with Crippen molar-refractivity contribution >= 4 is 43.5 Å². The van der Waals surface area contributed by atoms with E-state index in [0.29, 0.717) is 12.2 Å². The number of sulfonamides is 1. The zero-order valence-electron chi connectivity index (χ0n) is 18.8. The standard InChI is InChI=1S/C23H30BrN3O4S/c1-5-13-25-23(29)18(3)26(15-19-7-6-8-20(24)14-19)22(28)16-27(32(4,30)31)21-11-9-17(2)10-12-21/h6-12,14,18H,5,13,15-16H2,1-4H3,(H,25,29). The number of nitrogens with zero attached hydrogens (tertiary/aromatic N) is 2. The summed E-state index contributed by atoms with van der Waals surface area (Å²) in [5.74, 6) is -0.744. The molecule has 7 nitrogen and oxygen atoms in total. The fourth-order valence-corrected chi connectivity index (χ4v) is 4.43. The van der Waals surface area contributed by atoms with Crippen LogP contribution in [0.4, 0.5) is 5.69 Å². The second-order valence-electron chi connectivity index (χ2n) is 7.72. The molecule has 2 aromatic rings. The molecule has 2 rings (SSSR count). The number of hydrogen-bond acceptors (Lipinski definition) is 4. The van der Waals surface area contributed by atoms with E-state index in [-0.39, 0.29) is 12.5 Å². The Balaban J connectivity index is 2.35. The second kappa shape index (κ2) is 11.5. The van der Waals surface area contributed by atoms with Gasteiger partial charge >= 0.3 is 0 Å². The third-order valence-corrected chi connectivity index (χ3v) is 6.59. The predicted octanol–water partition coefficient (Wildman–Crippen LogP) is 3.47. The lowest BCUT2D eigenvalue weighted by molar-refractivity contribution is -0.139. The van der Waals surface area contributed by atoms with E-state index >= 15 is 0 Å². The maximum absolute atomic E-state index is 13.4. The summed E-state index contributed by atoms with van der Waals surface area (Å²) in [5, 5.41) is 2.81. The molecule has 1 unspecified atom stereocenters. The average molecular weight is 524 g/mol. The van der Waals surface area contributed by atoms with Gasteiger partial charge in [0.1, 0.15) is 12.6 Å². The normalized spacial score (nSPS) is 12.2. The minimum Gasteiger partial charge on any atom is -0.354 e. The summed E-state index contributed by atoms with van der Waals surface area (Å²) < 4.78 is 26.9. The molecule has 0 heterocycles. The Morgan fingerprint density at radius 3 is 2.34 bits per heavy atom. The van der Waals surface area contributed by atoms with Gasteiger partial charge in [-0.2, -0.15) is 0 Å². The number of aryl methyl sites for hydroxylation is 1. The van der Waals surface area contributed by atoms with Crippen molar-refractivity contribution in [3.05, 3.63) is 64.1 Å². The van der Waals surface area contributed by atoms with Gasteiger partial charge < -0.3 is 10.2 Å². The molecule has 1 N–H and O–H groups in total. The van der Waals surface area contributed by atoms with E-state index in [1.54, 1.807) is 31.2 Å². The van der Waals surface area contributed by atoms with Crippen LogP contribution in [0.15, 0.2) is 53.0 Å². The first-order valence-corrected chi connectivity index (χ1v) is 13.0. The molecule has 0 aliphatic heterocycles. The zero-order chi connectivity index (χ0) is 23.9. The highest BCUT2D eigenvalue weighted by Crippen LogP contribution is 2.20. The lowest BCUT2D eigenvalue weighted by Gasteiger charge is -2.31. The highest BCUT2D eigenvalue weighted by atomic mass is 79.9. The molecule has 0 saturated carbocycles. The van der Waals surface area contributed by atoms with Gasteiger partial charge in [0.2, 0.25) is 21.8 Å². The molecule has 0 radical (unpaired) electrons. The van der Waals surface area contributed by atoms with Gasteiger partial charge in [-0.15, -0.1) is 0 Å². The van der Waals surface area contributed by atoms with E-state index in [1.165, 1.54) is 4.90 Å². The fraction of sp³-hybridized carbons (Fsp3) is 0.391. The number of rotatable bonds is 10. The Kier molecular flexibility index (Phi) is 9.27. The van der Waals surface area contributed by atoms with Crippen molar-refractivity contribution in [3.63, 3.8) is 0 Å². The summed E-state index contributed by atoms with van der Waals surface area (Å²) in [5.41, 5.74) is 2.20. The molecule has 1 atom stereocenters. The van der Waals surface area contributed by atoms with Gasteiger partial charge in [0, 0.05) is 17.6 Å². The SMILES string of the molecule is CCCNC(=O)C(C)N(Cc1cccc(Br)c1)C(=O)CN(c1ccc(C)cc1)S(C)(=O)=O. The Hall–Kier alpha value is -2.39. The number of carbonyl (C=O) groups excluding carboxylic acids is 2. The van der Waals surface area contributed by atoms with Crippen LogP contribution in [0.5, 0.6) is 0 Å². The Morgan fingerprint density at radius 2 is 1.78 bits per heavy atom. The summed E-state index contributed by atoms with van der Waals surface area (Å²) in [7, 11) is -3.72. The van der Waals surface area contributed by atoms with Crippen LogP contribution in [0.1, 0.15) is 31.4 Å². The molecule has 174 valence electrons. The van der Waals surface area contributed by atoms with E-state index in [1.807, 2.05) is 38.1 Å². The molecular formula is C23H30BrN3O4S. The molecule has 9 heteroatoms. The summed E-state index contributed by atoms with van der Waals surface area (Å²) >= 11 is 3.42. The third-order valence-electron chi connectivity index (χ3n) is 4.96. The van der Waals surface area contributed by atoms with Crippen LogP contribution in [0.2, 0.25) is 0 Å². The molecule has 0 fully saturated rings. The van der Waals surface area contributed by atoms with Crippen LogP contribution in [-0.2, 0) is 26.2 Å². The third kappa shape index (κ3) is 7.34. The van der Waals surface area contributed by atoms with E-state index in [4.69, 9.17) is 0 Å². The maximum Gasteiger partial charge on any atom is 0.244 e. The highest BCUT2D eigenvalue weighted by molar-refractivity contribution is 9.10. The van der Waals surface area contributed by atoms with Crippen LogP contribution in [-0.4, -0.2) is 50.5 Å². The molecule has 2 amide bonds. The Morgan fingerprint density at radius 1 is 1.12 bits per heavy atom. The van der Waals surface area contributed by atoms with Crippen molar-refractivity contribution in [2.45, 2.75) is 39.8 Å². The number of nitrogens with one attached hydrogen (secondary N) is 1. The number of halogens is 1. The minimum atomic E-state index is -3.72. The van der Waals surface area contributed by atoms with Gasteiger partial charge in [0.15, 0.2) is 0 Å². The molecule has 32 heavy (non-hydrogen) atoms. The first-order valence-electron chi connectivity index (χ1n) is 10.4. The van der Waals surface area contributed by atoms with Crippen molar-refractivity contribution in [1.82, 2.24) is 10.2 Å². The second-order valence-corrected chi connectivity index (χ2v) is 10.5. The van der Waals surface area contributed by atoms with Crippen LogP contribution >= 0.6 is 15.9 Å². The monoisotopic (exact) mass is 523 g/mol. The van der Waals surface area contributed by atoms with Crippen molar-refractivity contribution in [3.8, 4) is 0 Å². The maximum atomic E-state index is 13.4. The first-order chi connectivity index (χ1) is 15.0. The molecule has 2 aromatic carbocycles. The molecule has 0 saturated heterocycles. The number of hydrogen-bond donors (Lipinski definition) is 1. The topological polar surface area (TPSA) is 86.8 Å². The van der Waals surface area contributed by atoms with E-state index < -0.39 is 28.5 Å². The van der Waals surface area contributed by atoms with Gasteiger partial charge in [-0.25, -0.2) is 8.42 Å². The minimum absolute atomic E-state index is 0.171. The van der Waals surface area contributed by atoms with Crippen LogP contribution in [0, 0.1) is 6.92 Å². The highest BCUT2D eigenvalue weighted by Gasteiger charge is 2.29. The van der Waals surface area contributed by atoms with Crippen molar-refractivity contribution in [2.75, 3.05) is 23.7 Å². The molecule has 0 bridgehead atoms. The van der Waals surface area contributed by atoms with Crippen molar-refractivity contribution in [1.29, 1.82) is 0 Å². The number of carbonyl (C=O) groups is 2. The van der Waals surface area contributed by atoms with E-state index in [0.717, 1.165) is 32.6 Å². The number of amides is 2. The van der Waals surface area contributed by atoms with Crippen LogP contribution in [0.25, 0.3) is 0 Å². The van der Waals surface area contributed by atoms with Gasteiger partial charge in [-0.05, 0) is 50.1 Å². The van der Waals surface area contributed by atoms with Gasteiger partial charge in [0.05, 0.1) is 11.9 Å². The average Bonchev–Trinajstić information content (AvgIpc) is 2.73. The van der Waals surface area contributed by atoms with Crippen molar-refractivity contribution in [2.24, 2.45) is 0 Å². The lowest BCUT2D eigenvalue weighted by Crippen LogP contribution is -2.51. The lowest BCUT2D eigenvalue weighted by atomic mass is 10.1. The predicted molar refractivity (Wildman–Crippen MR) is 131 cm³/mol. The molecule has 0 aromatic heterocycles. The summed E-state index contributed by atoms with van der Waals surface area (Å²) in [6.07, 6.45) is 1.84. The Bertz CT molecular complexity index is 1040. The number of anilines is 1. The smallest absolute Gasteiger partial charge is 0.244 e. The van der Waals surface area contributed by atoms with Crippen molar-refractivity contribution < 1.29 is 18.0 Å². The summed E-state index contributed by atoms with van der Waals surface area (Å²) in [6, 6.07) is 13.6. The van der Waals surface area contributed by atoms with E-state index in [2.05, 4.69) is 21.2 Å². The van der Waals surface area contributed by atoms with Crippen LogP contribution in [0.3, 0.4) is 0 Å². The summed E-state index contributed by atoms with van der Waals surface area (Å²) in [6.45, 7) is 5.77. The molecule has 0 spiro atoms. The Labute approximate surface area is 199 Å². The first kappa shape index (κ1) is 25.9. The quantitative estimate of drug-likeness (QED) is 0.516. The number of benzene rings is 2. The van der Waals surface area contributed by atoms with Gasteiger partial charge in [-0.1, -0.05) is 52.7 Å². The molecule has 0 aliphatic rings. The largest absolute Gasteiger partial charge is 0.354 e. The van der Waals surface area contributed by atoms with Gasteiger partial charge in [-0.3, -0.25) is 13.9 Å². The molecule has 0 aliphatic carbocycles. The van der Waals surface area contributed by atoms with Gasteiger partial charge in [0.25, 0.3) is 0 Å².